The standard InChI is InChI=1S/C19H12Br2N4O5/c20-12-7-11(19(26)16(21)8-12)10-22-13-1-3-14(4-2-13)23-17-6-5-15(24(27)28)9-18(17)25(29)30/h1-10,23,26H. The van der Waals surface area contributed by atoms with Crippen molar-refractivity contribution < 1.29 is 15.0 Å². The number of nitrogens with one attached hydrogen (secondary N) is 1. The van der Waals surface area contributed by atoms with Gasteiger partial charge in [0.1, 0.15) is 11.4 Å². The smallest absolute Gasteiger partial charge is 0.299 e. The Labute approximate surface area is 186 Å². The molecule has 0 spiro atoms. The van der Waals surface area contributed by atoms with Gasteiger partial charge in [-0.3, -0.25) is 25.2 Å². The Hall–Kier alpha value is -3.31. The zero-order valence-corrected chi connectivity index (χ0v) is 18.1. The molecule has 0 aliphatic rings. The number of non-ortho nitro benzene ring substituents is 1. The predicted octanol–water partition coefficient (Wildman–Crippen LogP) is 6.23. The van der Waals surface area contributed by atoms with E-state index >= 15 is 0 Å². The third kappa shape index (κ3) is 4.99. The number of nitro groups is 2. The molecule has 152 valence electrons. The first-order valence-corrected chi connectivity index (χ1v) is 9.85. The van der Waals surface area contributed by atoms with Crippen molar-refractivity contribution in [2.24, 2.45) is 4.99 Å². The van der Waals surface area contributed by atoms with Crippen molar-refractivity contribution >= 4 is 66.5 Å². The number of nitro benzene ring substituents is 2. The third-order valence-corrected chi connectivity index (χ3v) is 5.01. The van der Waals surface area contributed by atoms with E-state index in [4.69, 9.17) is 0 Å². The summed E-state index contributed by atoms with van der Waals surface area (Å²) in [6.45, 7) is 0. The zero-order chi connectivity index (χ0) is 21.8. The van der Waals surface area contributed by atoms with Gasteiger partial charge in [0, 0.05) is 28.0 Å². The van der Waals surface area contributed by atoms with Crippen LogP contribution >= 0.6 is 31.9 Å². The van der Waals surface area contributed by atoms with Crippen LogP contribution in [-0.4, -0.2) is 21.2 Å². The highest BCUT2D eigenvalue weighted by Crippen LogP contribution is 2.33. The predicted molar refractivity (Wildman–Crippen MR) is 120 cm³/mol. The second kappa shape index (κ2) is 9.01. The summed E-state index contributed by atoms with van der Waals surface area (Å²) in [5, 5.41) is 35.0. The summed E-state index contributed by atoms with van der Waals surface area (Å²) in [7, 11) is 0. The second-order valence-corrected chi connectivity index (χ2v) is 7.74. The Balaban J connectivity index is 1.80. The Morgan fingerprint density at radius 1 is 0.967 bits per heavy atom. The Morgan fingerprint density at radius 2 is 1.67 bits per heavy atom. The van der Waals surface area contributed by atoms with Crippen LogP contribution in [0, 0.1) is 20.2 Å². The van der Waals surface area contributed by atoms with Crippen molar-refractivity contribution in [3.8, 4) is 5.75 Å². The molecule has 0 saturated heterocycles. The van der Waals surface area contributed by atoms with Gasteiger partial charge in [0.05, 0.1) is 26.1 Å². The molecule has 3 rings (SSSR count). The Morgan fingerprint density at radius 3 is 2.30 bits per heavy atom. The minimum absolute atomic E-state index is 0.0608. The van der Waals surface area contributed by atoms with Gasteiger partial charge in [0.25, 0.3) is 11.4 Å². The first-order valence-electron chi connectivity index (χ1n) is 8.26. The Bertz CT molecular complexity index is 1170. The van der Waals surface area contributed by atoms with E-state index in [1.807, 2.05) is 0 Å². The van der Waals surface area contributed by atoms with Gasteiger partial charge >= 0.3 is 0 Å². The first-order chi connectivity index (χ1) is 14.2. The number of anilines is 2. The molecule has 0 aliphatic carbocycles. The maximum absolute atomic E-state index is 11.2. The summed E-state index contributed by atoms with van der Waals surface area (Å²) in [5.74, 6) is 0.0608. The van der Waals surface area contributed by atoms with Crippen LogP contribution in [-0.2, 0) is 0 Å². The number of hydrogen-bond donors (Lipinski definition) is 2. The summed E-state index contributed by atoms with van der Waals surface area (Å²) in [6, 6.07) is 13.5. The monoisotopic (exact) mass is 534 g/mol. The molecule has 0 atom stereocenters. The van der Waals surface area contributed by atoms with Crippen molar-refractivity contribution in [1.29, 1.82) is 0 Å². The Kier molecular flexibility index (Phi) is 6.43. The number of phenols is 1. The van der Waals surface area contributed by atoms with Gasteiger partial charge in [-0.2, -0.15) is 0 Å². The summed E-state index contributed by atoms with van der Waals surface area (Å²) in [6.07, 6.45) is 1.51. The van der Waals surface area contributed by atoms with Crippen LogP contribution in [0.3, 0.4) is 0 Å². The summed E-state index contributed by atoms with van der Waals surface area (Å²) in [4.78, 5) is 25.0. The van der Waals surface area contributed by atoms with Crippen molar-refractivity contribution in [2.45, 2.75) is 0 Å². The van der Waals surface area contributed by atoms with Crippen LogP contribution in [0.4, 0.5) is 28.4 Å². The highest BCUT2D eigenvalue weighted by molar-refractivity contribution is 9.11. The fraction of sp³-hybridized carbons (Fsp3) is 0. The zero-order valence-electron chi connectivity index (χ0n) is 15.0. The number of aliphatic imine (C=N–C) groups is 1. The number of phenolic OH excluding ortho intramolecular Hbond substituents is 1. The normalized spacial score (nSPS) is 10.9. The summed E-state index contributed by atoms with van der Waals surface area (Å²) >= 11 is 6.60. The van der Waals surface area contributed by atoms with Gasteiger partial charge in [-0.05, 0) is 58.4 Å². The molecule has 2 N–H and O–H groups in total. The van der Waals surface area contributed by atoms with E-state index in [0.29, 0.717) is 21.4 Å². The molecule has 11 heteroatoms. The van der Waals surface area contributed by atoms with E-state index in [9.17, 15) is 25.3 Å². The summed E-state index contributed by atoms with van der Waals surface area (Å²) < 4.78 is 1.31. The molecule has 3 aromatic rings. The number of rotatable bonds is 6. The van der Waals surface area contributed by atoms with Gasteiger partial charge in [0.15, 0.2) is 0 Å². The molecule has 0 unspecified atom stereocenters. The van der Waals surface area contributed by atoms with Crippen molar-refractivity contribution in [1.82, 2.24) is 0 Å². The van der Waals surface area contributed by atoms with Crippen molar-refractivity contribution in [2.75, 3.05) is 5.32 Å². The number of halogens is 2. The highest BCUT2D eigenvalue weighted by Gasteiger charge is 2.19. The number of nitrogens with zero attached hydrogens (tertiary/aromatic N) is 3. The molecule has 0 heterocycles. The number of hydrogen-bond acceptors (Lipinski definition) is 7. The molecular formula is C19H12Br2N4O5. The largest absolute Gasteiger partial charge is 0.506 e. The van der Waals surface area contributed by atoms with Crippen LogP contribution in [0.2, 0.25) is 0 Å². The van der Waals surface area contributed by atoms with E-state index in [-0.39, 0.29) is 17.1 Å². The average molecular weight is 536 g/mol. The lowest BCUT2D eigenvalue weighted by molar-refractivity contribution is -0.393. The van der Waals surface area contributed by atoms with E-state index < -0.39 is 15.5 Å². The maximum Gasteiger partial charge on any atom is 0.299 e. The lowest BCUT2D eigenvalue weighted by atomic mass is 10.2. The molecule has 0 aliphatic heterocycles. The van der Waals surface area contributed by atoms with Gasteiger partial charge in [-0.15, -0.1) is 0 Å². The average Bonchev–Trinajstić information content (AvgIpc) is 2.70. The SMILES string of the molecule is O=[N+]([O-])c1ccc(Nc2ccc(N=Cc3cc(Br)cc(Br)c3O)cc2)c([N+](=O)[O-])c1. The van der Waals surface area contributed by atoms with E-state index in [1.54, 1.807) is 36.4 Å². The molecule has 30 heavy (non-hydrogen) atoms. The molecule has 0 radical (unpaired) electrons. The highest BCUT2D eigenvalue weighted by atomic mass is 79.9. The first kappa shape index (κ1) is 21.4. The quantitative estimate of drug-likeness (QED) is 0.218. The van der Waals surface area contributed by atoms with Gasteiger partial charge in [0.2, 0.25) is 0 Å². The third-order valence-electron chi connectivity index (χ3n) is 3.95. The van der Waals surface area contributed by atoms with Gasteiger partial charge < -0.3 is 10.4 Å². The fourth-order valence-corrected chi connectivity index (χ4v) is 3.76. The van der Waals surface area contributed by atoms with Crippen LogP contribution in [0.5, 0.6) is 5.75 Å². The second-order valence-electron chi connectivity index (χ2n) is 5.97. The number of benzene rings is 3. The molecule has 9 nitrogen and oxygen atoms in total. The minimum Gasteiger partial charge on any atom is -0.506 e. The van der Waals surface area contributed by atoms with Gasteiger partial charge in [-0.1, -0.05) is 15.9 Å². The van der Waals surface area contributed by atoms with Crippen LogP contribution in [0.25, 0.3) is 0 Å². The fourth-order valence-electron chi connectivity index (χ4n) is 2.51. The number of aromatic hydroxyl groups is 1. The molecule has 0 amide bonds. The van der Waals surface area contributed by atoms with E-state index in [1.165, 1.54) is 18.3 Å². The summed E-state index contributed by atoms with van der Waals surface area (Å²) in [5.41, 5.74) is 1.01. The van der Waals surface area contributed by atoms with E-state index in [0.717, 1.165) is 10.5 Å². The van der Waals surface area contributed by atoms with Crippen LogP contribution < -0.4 is 5.32 Å². The lowest BCUT2D eigenvalue weighted by Crippen LogP contribution is -1.98. The molecule has 3 aromatic carbocycles. The van der Waals surface area contributed by atoms with Gasteiger partial charge in [-0.25, -0.2) is 0 Å². The molecule has 0 bridgehead atoms. The molecule has 0 saturated carbocycles. The van der Waals surface area contributed by atoms with Crippen LogP contribution in [0.1, 0.15) is 5.56 Å². The van der Waals surface area contributed by atoms with Crippen molar-refractivity contribution in [3.63, 3.8) is 0 Å². The van der Waals surface area contributed by atoms with Crippen molar-refractivity contribution in [3.05, 3.63) is 89.3 Å². The lowest BCUT2D eigenvalue weighted by Gasteiger charge is -2.07. The topological polar surface area (TPSA) is 131 Å². The maximum atomic E-state index is 11.2. The minimum atomic E-state index is -0.689. The molecule has 0 fully saturated rings. The van der Waals surface area contributed by atoms with Crippen LogP contribution in [0.15, 0.2) is 68.5 Å². The molecular weight excluding hydrogens is 524 g/mol. The molecule has 0 aromatic heterocycles. The van der Waals surface area contributed by atoms with E-state index in [2.05, 4.69) is 42.2 Å².